The van der Waals surface area contributed by atoms with Crippen LogP contribution in [0.1, 0.15) is 162 Å². The summed E-state index contributed by atoms with van der Waals surface area (Å²) < 4.78 is 75.6. The first kappa shape index (κ1) is 94.3. The average molecular weight is 1630 g/mol. The number of carboxylic acids is 5. The summed E-state index contributed by atoms with van der Waals surface area (Å²) in [5.74, 6) is -17.5. The van der Waals surface area contributed by atoms with Crippen LogP contribution in [0.15, 0.2) is 82.3 Å². The van der Waals surface area contributed by atoms with E-state index in [1.54, 1.807) is 12.1 Å². The average Bonchev–Trinajstić information content (AvgIpc) is 1.59. The van der Waals surface area contributed by atoms with Crippen molar-refractivity contribution in [3.63, 3.8) is 0 Å². The Kier molecular flexibility index (Phi) is 37.0. The van der Waals surface area contributed by atoms with E-state index in [4.69, 9.17) is 10.5 Å². The summed E-state index contributed by atoms with van der Waals surface area (Å²) in [6.45, 7) is 10.5. The number of rotatable bonds is 51. The Morgan fingerprint density at radius 1 is 0.504 bits per heavy atom. The number of fused-ring (bicyclic) bond motifs is 2. The molecule has 2 aromatic carbocycles. The van der Waals surface area contributed by atoms with Crippen LogP contribution in [0.3, 0.4) is 0 Å². The van der Waals surface area contributed by atoms with Crippen LogP contribution in [0.2, 0.25) is 0 Å². The van der Waals surface area contributed by atoms with E-state index in [0.29, 0.717) is 43.6 Å². The van der Waals surface area contributed by atoms with Gasteiger partial charge in [-0.15, -0.1) is 0 Å². The third-order valence-electron chi connectivity index (χ3n) is 18.3. The smallest absolute Gasteiger partial charge is 0.303 e. The number of benzene rings is 2. The number of anilines is 1. The lowest BCUT2D eigenvalue weighted by atomic mass is 9.81. The molecule has 113 heavy (non-hydrogen) atoms. The van der Waals surface area contributed by atoms with Gasteiger partial charge in [0.1, 0.15) is 49.4 Å². The van der Waals surface area contributed by atoms with Gasteiger partial charge in [-0.1, -0.05) is 38.5 Å². The highest BCUT2D eigenvalue weighted by atomic mass is 32.2. The molecule has 2 aliphatic rings. The number of ether oxygens (including phenoxy) is 1. The minimum absolute atomic E-state index is 0.107. The maximum atomic E-state index is 14.1. The molecule has 0 aliphatic carbocycles. The van der Waals surface area contributed by atoms with E-state index in [9.17, 15) is 123 Å². The number of hydrogen-bond acceptors (Lipinski definition) is 21. The Morgan fingerprint density at radius 3 is 1.41 bits per heavy atom. The van der Waals surface area contributed by atoms with Crippen molar-refractivity contribution >= 4 is 126 Å². The number of carbonyl (C=O) groups is 15. The molecular formula is C72H101N12O27S2+. The number of allylic oxidation sites excluding steroid dienone is 6. The van der Waals surface area contributed by atoms with Gasteiger partial charge in [-0.05, 0) is 127 Å². The Labute approximate surface area is 651 Å². The zero-order valence-corrected chi connectivity index (χ0v) is 65.0. The molecule has 4 rings (SSSR count). The van der Waals surface area contributed by atoms with Gasteiger partial charge < -0.3 is 88.8 Å². The Hall–Kier alpha value is -11.0. The summed E-state index contributed by atoms with van der Waals surface area (Å²) in [7, 11) is -9.01. The number of unbranched alkanes of at least 4 members (excludes halogenated alkanes) is 3. The normalized spacial score (nSPS) is 15.4. The minimum Gasteiger partial charge on any atom is -0.481 e. The van der Waals surface area contributed by atoms with Crippen LogP contribution in [-0.4, -0.2) is 233 Å². The van der Waals surface area contributed by atoms with E-state index in [-0.39, 0.29) is 67.6 Å². The van der Waals surface area contributed by atoms with Crippen LogP contribution in [-0.2, 0) is 108 Å². The number of carbonyl (C=O) groups excluding carboxylic acids is 10. The summed E-state index contributed by atoms with van der Waals surface area (Å²) in [6, 6.07) is -2.08. The van der Waals surface area contributed by atoms with E-state index in [1.807, 2.05) is 69.9 Å². The van der Waals surface area contributed by atoms with Gasteiger partial charge in [-0.2, -0.15) is 21.4 Å². The molecule has 0 saturated heterocycles. The zero-order chi connectivity index (χ0) is 84.7. The number of nitrogens with one attached hydrogen (secondary N) is 9. The molecule has 6 atom stereocenters. The first-order valence-electron chi connectivity index (χ1n) is 36.2. The van der Waals surface area contributed by atoms with Crippen LogP contribution < -0.4 is 58.5 Å². The number of carboxylic acid groups (broad SMARTS) is 5. The zero-order valence-electron chi connectivity index (χ0n) is 63.4. The molecule has 0 spiro atoms. The fourth-order valence-electron chi connectivity index (χ4n) is 12.4. The van der Waals surface area contributed by atoms with Crippen LogP contribution in [0.25, 0.3) is 0 Å². The van der Waals surface area contributed by atoms with Crippen molar-refractivity contribution in [1.82, 2.24) is 47.9 Å². The molecule has 0 aromatic heterocycles. The second-order valence-corrected chi connectivity index (χ2v) is 30.4. The standard InChI is InChI=1S/C72H100N12O27S2/c1-7-83-53-27-20-43(112(105,106)107)38-45(53)71(3,4)55(83)17-10-8-11-18-56-72(5,6)46-39-44(113(108,109)110)21-28-54(46)84(56)36-15-9-12-19-57(86)74-34-14-13-16-47(65(73)99)78-67(101)49(23-30-61(91)92)80-69(103)51(25-32-63(95)96)82-70(104)52(26-33-64(97)98)81-68(102)50(24-31-62(93)94)79-66(100)48(22-29-60(89)90)77-59(88)41-111-37-35-75-58(87)40-76-42(2)85/h8,10-11,17-18,20-21,27-28,38-39,47-52H,7,9,12-16,19,22-26,29-37,40-41H2,1-6H3,(H17-,73,74,75,76,77,78,79,80,81,82,85,86,87,88,89,90,91,92,93,94,95,96,97,98,99,100,101,102,103,104,105,106,107,108,109,110)/p+1/t47-,48-,49-,50-,51-,52-/m1/s1. The third kappa shape index (κ3) is 30.9. The van der Waals surface area contributed by atoms with Crippen molar-refractivity contribution in [2.24, 2.45) is 5.73 Å². The first-order chi connectivity index (χ1) is 52.9. The van der Waals surface area contributed by atoms with Gasteiger partial charge in [-0.3, -0.25) is 81.0 Å². The SMILES string of the molecule is CC[N+]1=C(/C=C/C=C/C=C2/N(CCCCCC(=O)NCCCC[C@@H](NC(=O)[C@@H](CCC(=O)O)NC(=O)[C@@H](CCC(=O)O)NC(=O)[C@@H](CCC(=O)O)NC(=O)[C@@H](CCC(=O)O)NC(=O)[C@@H](CCC(=O)O)NC(=O)COCCNC(=O)CNC(C)=O)C(N)=O)c3ccc(S(=O)(=O)O)cc3C2(C)C)C(C)(C)c2cc(S(=O)(=O)O)ccc21. The number of amides is 10. The first-order valence-corrected chi connectivity index (χ1v) is 39.0. The molecule has 0 saturated carbocycles. The van der Waals surface area contributed by atoms with Gasteiger partial charge in [0, 0.05) is 99.6 Å². The molecular weight excluding hydrogens is 1530 g/mol. The van der Waals surface area contributed by atoms with E-state index >= 15 is 0 Å². The maximum Gasteiger partial charge on any atom is 0.303 e. The molecule has 0 fully saturated rings. The van der Waals surface area contributed by atoms with Crippen molar-refractivity contribution in [2.75, 3.05) is 50.8 Å². The minimum atomic E-state index is -4.56. The highest BCUT2D eigenvalue weighted by Crippen LogP contribution is 2.49. The molecule has 622 valence electrons. The van der Waals surface area contributed by atoms with E-state index in [1.165, 1.54) is 31.2 Å². The predicted octanol–water partition coefficient (Wildman–Crippen LogP) is 0.204. The quantitative estimate of drug-likeness (QED) is 0.0182. The van der Waals surface area contributed by atoms with Crippen LogP contribution in [0.4, 0.5) is 11.4 Å². The lowest BCUT2D eigenvalue weighted by Crippen LogP contribution is -2.59. The highest BCUT2D eigenvalue weighted by Gasteiger charge is 2.45. The molecule has 2 heterocycles. The molecule has 39 nitrogen and oxygen atoms in total. The van der Waals surface area contributed by atoms with E-state index < -0.39 is 221 Å². The van der Waals surface area contributed by atoms with Crippen LogP contribution in [0, 0.1) is 0 Å². The summed E-state index contributed by atoms with van der Waals surface area (Å²) in [5.41, 5.74) is 8.82. The highest BCUT2D eigenvalue weighted by molar-refractivity contribution is 7.86. The molecule has 0 bridgehead atoms. The summed E-state index contributed by atoms with van der Waals surface area (Å²) >= 11 is 0. The monoisotopic (exact) mass is 1630 g/mol. The van der Waals surface area contributed by atoms with Gasteiger partial charge in [0.05, 0.1) is 28.4 Å². The molecule has 41 heteroatoms. The van der Waals surface area contributed by atoms with E-state index in [0.717, 1.165) is 22.7 Å². The molecule has 2 aromatic rings. The lowest BCUT2D eigenvalue weighted by molar-refractivity contribution is -0.433. The van der Waals surface area contributed by atoms with Crippen molar-refractivity contribution in [3.05, 3.63) is 83.6 Å². The topological polar surface area (TPSA) is 616 Å². The largest absolute Gasteiger partial charge is 0.481 e. The van der Waals surface area contributed by atoms with Gasteiger partial charge in [0.25, 0.3) is 20.2 Å². The van der Waals surface area contributed by atoms with Gasteiger partial charge in [-0.25, -0.2) is 0 Å². The molecule has 0 unspecified atom stereocenters. The van der Waals surface area contributed by atoms with Crippen LogP contribution >= 0.6 is 0 Å². The fraction of sp³-hybridized carbons (Fsp3) is 0.528. The molecule has 2 aliphatic heterocycles. The Morgan fingerprint density at radius 2 is 0.956 bits per heavy atom. The number of primary amides is 1. The number of aliphatic carboxylic acids is 5. The van der Waals surface area contributed by atoms with Crippen molar-refractivity contribution in [2.45, 2.75) is 208 Å². The second-order valence-electron chi connectivity index (χ2n) is 27.6. The Balaban J connectivity index is 1.39. The fourth-order valence-corrected chi connectivity index (χ4v) is 13.4. The van der Waals surface area contributed by atoms with Crippen molar-refractivity contribution in [3.8, 4) is 0 Å². The lowest BCUT2D eigenvalue weighted by Gasteiger charge is -2.27. The van der Waals surface area contributed by atoms with Crippen molar-refractivity contribution < 1.29 is 133 Å². The molecule has 10 amide bonds. The third-order valence-corrected chi connectivity index (χ3v) is 20.0. The van der Waals surface area contributed by atoms with Gasteiger partial charge in [0.2, 0.25) is 64.8 Å². The predicted molar refractivity (Wildman–Crippen MR) is 401 cm³/mol. The maximum absolute atomic E-state index is 14.1. The second kappa shape index (κ2) is 44.3. The molecule has 0 radical (unpaired) electrons. The summed E-state index contributed by atoms with van der Waals surface area (Å²) in [5, 5.41) is 68.4. The van der Waals surface area contributed by atoms with Crippen LogP contribution in [0.5, 0.6) is 0 Å². The summed E-state index contributed by atoms with van der Waals surface area (Å²) in [4.78, 5) is 191. The Bertz CT molecular complexity index is 4250. The number of nitrogens with zero attached hydrogens (tertiary/aromatic N) is 2. The van der Waals surface area contributed by atoms with Gasteiger partial charge in [0.15, 0.2) is 5.71 Å². The summed E-state index contributed by atoms with van der Waals surface area (Å²) in [6.07, 6.45) is 3.52. The van der Waals surface area contributed by atoms with E-state index in [2.05, 4.69) is 52.4 Å². The number of nitrogens with two attached hydrogens (primary N) is 1. The van der Waals surface area contributed by atoms with Gasteiger partial charge >= 0.3 is 29.8 Å². The number of hydrogen-bond donors (Lipinski definition) is 17. The van der Waals surface area contributed by atoms with Crippen molar-refractivity contribution in [1.29, 1.82) is 0 Å². The molecule has 18 N–H and O–H groups in total.